The predicted octanol–water partition coefficient (Wildman–Crippen LogP) is 20.4. The molecule has 6 aromatic heterocycles. The Morgan fingerprint density at radius 2 is 1.04 bits per heavy atom. The Bertz CT molecular complexity index is 5400. The number of aliphatic hydroxyl groups is 1. The third-order valence-electron chi connectivity index (χ3n) is 18.6. The highest BCUT2D eigenvalue weighted by Gasteiger charge is 2.64. The smallest absolute Gasteiger partial charge is 0.475 e. The zero-order valence-corrected chi connectivity index (χ0v) is 83.5. The maximum Gasteiger partial charge on any atom is 0.488 e. The summed E-state index contributed by atoms with van der Waals surface area (Å²) >= 11 is 17.7. The van der Waals surface area contributed by atoms with E-state index in [4.69, 9.17) is 43.7 Å². The number of hydrogen-bond acceptors (Lipinski definition) is 24. The maximum atomic E-state index is 11.1. The lowest BCUT2D eigenvalue weighted by molar-refractivity contribution is -0.385. The standard InChI is InChI=1S/C16H16N4O3.C16H18N4O.C12H24B2O4.C8H6BrN3O2.C8H12BrNO.C8H9BrNO.C8H6N2O2.C5H4BrNO.C3H8.C2H6.CH3Cl.CH4O/c1-10(2)23-15-7-4-11(9-17-15)16-13-8-12(20(21)22)5-6-14(13)19(3)18-16;1-10(2)21-15-7-4-11(9-18-15)16-13-8-12(17)5-6-14(13)20(3)19-16;1-9(2)10(3,4)16-13(15-9)14-17-11(5,6)12(7,8)18-14;1-11-7-3-2-5(12(13)14)4-6(7)8(9)10-11;1-6(2)11-8-4-3-7(9)5-10-8;1-6(2)10-5-7(9)3-4-8(10)11;11-10(12)8-2-1-6-4-9-5-7(6)3-8;6-4-1-2-5(8)7-3-4;1-3-2;3*1-2/h4-10H,1-3H3;4-10H,17H2,1-3H3;1-8H3;2-4H,1H3;3-6,8,10H,1-2H3;3,5-6H,1-2H3;1-3,5H,4H2;1-3H,(H,7,8);3H2,1-2H3;1-2H3;1H3;2H,1H3/q;;;;;+1;;;;;;. The van der Waals surface area contributed by atoms with Crippen LogP contribution in [-0.2, 0) is 55.8 Å². The Hall–Kier alpha value is -9.95. The number of aromatic amines is 1. The summed E-state index contributed by atoms with van der Waals surface area (Å²) < 4.78 is 49.1. The van der Waals surface area contributed by atoms with Crippen LogP contribution in [0.1, 0.15) is 156 Å². The molecule has 11 heterocycles. The molecule has 2 fully saturated rings. The Balaban J connectivity index is 0.000000305. The molecule has 0 bridgehead atoms. The number of H-pyrrole nitrogens is 1. The molecular weight excluding hydrogens is 1910 g/mol. The summed E-state index contributed by atoms with van der Waals surface area (Å²) in [7, 11) is 5.57. The molecule has 5 N–H and O–H groups in total. The number of nitrogens with two attached hydrogens (primary N) is 1. The molecule has 1 unspecified atom stereocenters. The summed E-state index contributed by atoms with van der Waals surface area (Å²) in [6.45, 7) is 40.9. The Labute approximate surface area is 781 Å². The molecule has 5 aliphatic heterocycles. The van der Waals surface area contributed by atoms with E-state index in [0.717, 1.165) is 86.9 Å². The molecule has 4 aromatic carbocycles. The highest BCUT2D eigenvalue weighted by Crippen LogP contribution is 2.43. The highest BCUT2D eigenvalue weighted by molar-refractivity contribution is 9.12. The number of non-ortho nitro benzene ring substituents is 3. The van der Waals surface area contributed by atoms with Crippen molar-refractivity contribution in [3.63, 3.8) is 0 Å². The number of aliphatic hydroxyl groups excluding tert-OH is 1. The summed E-state index contributed by atoms with van der Waals surface area (Å²) in [5.41, 5.74) is 13.3. The first-order valence-corrected chi connectivity index (χ1v) is 44.4. The number of nitrogens with zero attached hydrogens (tertiary/aromatic N) is 13. The van der Waals surface area contributed by atoms with E-state index >= 15 is 0 Å². The van der Waals surface area contributed by atoms with Gasteiger partial charge in [-0.05, 0) is 231 Å². The average molecular weight is 2030 g/mol. The highest BCUT2D eigenvalue weighted by atomic mass is 79.9. The number of carbonyl (C=O) groups is 1. The second kappa shape index (κ2) is 51.3. The number of aliphatic imine (C=N–C) groups is 1. The number of nitrogen functional groups attached to an aromatic ring is 1. The van der Waals surface area contributed by atoms with Gasteiger partial charge in [0.05, 0.1) is 94.5 Å². The van der Waals surface area contributed by atoms with Gasteiger partial charge in [-0.3, -0.25) is 59.1 Å². The topological polar surface area (TPSA) is 397 Å². The van der Waals surface area contributed by atoms with Crippen molar-refractivity contribution in [2.45, 2.75) is 204 Å². The minimum Gasteiger partial charge on any atom is -0.475 e. The van der Waals surface area contributed by atoms with Crippen molar-refractivity contribution in [2.24, 2.45) is 26.1 Å². The molecule has 0 aliphatic carbocycles. The van der Waals surface area contributed by atoms with E-state index in [0.29, 0.717) is 28.6 Å². The van der Waals surface area contributed by atoms with Gasteiger partial charge >= 0.3 is 19.9 Å². The van der Waals surface area contributed by atoms with Gasteiger partial charge in [0.1, 0.15) is 28.4 Å². The Morgan fingerprint density at radius 3 is 1.43 bits per heavy atom. The van der Waals surface area contributed by atoms with Crippen LogP contribution in [0.5, 0.6) is 11.8 Å². The van der Waals surface area contributed by atoms with Crippen LogP contribution in [0, 0.1) is 36.4 Å². The number of rotatable bonds is 13. The van der Waals surface area contributed by atoms with Gasteiger partial charge in [0.2, 0.25) is 17.3 Å². The number of alkyl halides is 1. The summed E-state index contributed by atoms with van der Waals surface area (Å²) in [6.07, 6.45) is 21.7. The number of amides is 1. The minimum atomic E-state index is -0.476. The number of fused-ring (bicyclic) bond motifs is 4. The van der Waals surface area contributed by atoms with Crippen LogP contribution in [0.4, 0.5) is 22.7 Å². The number of dihydropyridines is 1. The third-order valence-corrected chi connectivity index (χ3v) is 20.6. The van der Waals surface area contributed by atoms with Crippen LogP contribution in [0.25, 0.3) is 55.2 Å². The van der Waals surface area contributed by atoms with E-state index < -0.39 is 28.8 Å². The molecule has 5 aliphatic rings. The van der Waals surface area contributed by atoms with Gasteiger partial charge < -0.3 is 54.0 Å². The van der Waals surface area contributed by atoms with Crippen LogP contribution >= 0.6 is 75.3 Å². The first-order chi connectivity index (χ1) is 59.7. The number of aromatic nitrogens is 9. The second-order valence-corrected chi connectivity index (χ2v) is 34.4. The lowest BCUT2D eigenvalue weighted by Crippen LogP contribution is -2.41. The van der Waals surface area contributed by atoms with Gasteiger partial charge in [0.15, 0.2) is 16.6 Å². The maximum absolute atomic E-state index is 11.1. The molecule has 684 valence electrons. The fourth-order valence-electron chi connectivity index (χ4n) is 11.3. The van der Waals surface area contributed by atoms with Gasteiger partial charge in [-0.1, -0.05) is 34.1 Å². The van der Waals surface area contributed by atoms with Gasteiger partial charge in [-0.15, -0.1) is 11.6 Å². The van der Waals surface area contributed by atoms with Gasteiger partial charge in [0, 0.05) is 174 Å². The van der Waals surface area contributed by atoms with Crippen LogP contribution in [-0.4, -0.2) is 162 Å². The van der Waals surface area contributed by atoms with Crippen molar-refractivity contribution in [3.8, 4) is 34.3 Å². The molecule has 2 saturated heterocycles. The third kappa shape index (κ3) is 32.6. The first-order valence-electron chi connectivity index (χ1n) is 40.5. The fraction of sp³-hybridized carbons (Fsp3) is 0.409. The number of aryl methyl sites for hydroxylation is 3. The number of nitro benzene ring substituents is 3. The first kappa shape index (κ1) is 109. The minimum absolute atomic E-state index is 0.0244. The molecule has 0 spiro atoms. The van der Waals surface area contributed by atoms with E-state index in [1.807, 2.05) is 191 Å². The Kier molecular flexibility index (Phi) is 44.2. The molecule has 0 radical (unpaired) electrons. The largest absolute Gasteiger partial charge is 0.488 e. The number of anilines is 1. The SMILES string of the molecule is CC.CC(C)N1C=C(Br)C=[C+]C1=O.CC(C)OC1C=CC(Br)=CN1.CC(C)Oc1ccc(-c2nn(C)c3ccc(N)cc23)cn1.CC(C)Oc1ccc(-c2nn(C)c3ccc([N+](=O)[O-])cc23)cn1.CC1(C)OB(B2OC(C)(C)C(C)(C)O2)OC1(C)C.CCC.CCl.CO.Cn1nc(Br)c2cc([N+](=O)[O-])ccc21.O=[N+]([O-])c1ccc2c(c1)C=NC2.O=c1ccc(Br)c[nH]1. The quantitative estimate of drug-likeness (QED) is 0.0208. The molecule has 1 amide bonds. The molecular formula is C88H116B2Br4ClN16O16+. The monoisotopic (exact) mass is 2030 g/mol. The van der Waals surface area contributed by atoms with E-state index in [-0.39, 0.29) is 81.5 Å². The molecule has 15 rings (SSSR count). The zero-order chi connectivity index (χ0) is 95.8. The van der Waals surface area contributed by atoms with Crippen molar-refractivity contribution in [1.82, 2.24) is 54.5 Å². The number of nitro groups is 3. The molecule has 0 saturated carbocycles. The van der Waals surface area contributed by atoms with Crippen molar-refractivity contribution < 1.29 is 57.5 Å². The Morgan fingerprint density at radius 1 is 0.606 bits per heavy atom. The number of hydrogen-bond donors (Lipinski definition) is 4. The van der Waals surface area contributed by atoms with Gasteiger partial charge in [-0.2, -0.15) is 15.3 Å². The van der Waals surface area contributed by atoms with Gasteiger partial charge in [0.25, 0.3) is 17.1 Å². The molecule has 10 aromatic rings. The van der Waals surface area contributed by atoms with E-state index in [9.17, 15) is 39.9 Å². The number of allylic oxidation sites excluding steroid dienone is 4. The lowest BCUT2D eigenvalue weighted by Gasteiger charge is -2.32. The normalized spacial score (nSPS) is 15.2. The van der Waals surface area contributed by atoms with Crippen LogP contribution in [0.2, 0.25) is 0 Å². The average Bonchev–Trinajstić information content (AvgIpc) is 1.59. The van der Waals surface area contributed by atoms with Crippen molar-refractivity contribution >= 4 is 157 Å². The summed E-state index contributed by atoms with van der Waals surface area (Å²) in [4.78, 5) is 68.8. The number of ether oxygens (including phenoxy) is 3. The number of carbonyl (C=O) groups excluding carboxylic acids is 1. The van der Waals surface area contributed by atoms with Gasteiger partial charge in [-0.25, -0.2) is 14.8 Å². The summed E-state index contributed by atoms with van der Waals surface area (Å²) in [5.74, 6) is 1.08. The molecule has 127 heavy (non-hydrogen) atoms. The van der Waals surface area contributed by atoms with E-state index in [1.54, 1.807) is 102 Å². The predicted molar refractivity (Wildman–Crippen MR) is 520 cm³/mol. The lowest BCUT2D eigenvalue weighted by atomic mass is 9.49. The van der Waals surface area contributed by atoms with Crippen LogP contribution in [0.15, 0.2) is 186 Å². The van der Waals surface area contributed by atoms with Crippen molar-refractivity contribution in [3.05, 3.63) is 234 Å². The molecule has 32 nitrogen and oxygen atoms in total. The number of pyridine rings is 3. The van der Waals surface area contributed by atoms with Crippen LogP contribution in [0.3, 0.4) is 0 Å². The summed E-state index contributed by atoms with van der Waals surface area (Å²) in [5, 5.41) is 57.6. The number of halogens is 5. The summed E-state index contributed by atoms with van der Waals surface area (Å²) in [6, 6.07) is 30.8. The van der Waals surface area contributed by atoms with Crippen molar-refractivity contribution in [2.75, 3.05) is 19.2 Å². The number of benzene rings is 4. The molecule has 39 heteroatoms. The second-order valence-electron chi connectivity index (χ2n) is 30.9. The molecule has 1 atom stereocenters. The number of nitrogens with one attached hydrogen (secondary N) is 2. The van der Waals surface area contributed by atoms with E-state index in [2.05, 4.69) is 136 Å². The van der Waals surface area contributed by atoms with Crippen LogP contribution < -0.4 is 26.1 Å². The van der Waals surface area contributed by atoms with Crippen molar-refractivity contribution in [1.29, 1.82) is 0 Å². The van der Waals surface area contributed by atoms with E-state index in [1.165, 1.54) is 49.2 Å². The zero-order valence-electron chi connectivity index (χ0n) is 76.4. The fourth-order valence-corrected chi connectivity index (χ4v) is 12.7.